The number of amides is 1. The van der Waals surface area contributed by atoms with Crippen molar-refractivity contribution in [2.45, 2.75) is 18.6 Å². The van der Waals surface area contributed by atoms with Crippen molar-refractivity contribution in [3.8, 4) is 22.9 Å². The lowest BCUT2D eigenvalue weighted by Crippen LogP contribution is -2.14. The van der Waals surface area contributed by atoms with Gasteiger partial charge in [0.25, 0.3) is 0 Å². The first-order valence-electron chi connectivity index (χ1n) is 11.4. The van der Waals surface area contributed by atoms with Gasteiger partial charge in [0.1, 0.15) is 17.3 Å². The largest absolute Gasteiger partial charge is 0.467 e. The molecule has 8 heteroatoms. The maximum Gasteiger partial charge on any atom is 0.234 e. The predicted octanol–water partition coefficient (Wildman–Crippen LogP) is 6.42. The maximum absolute atomic E-state index is 12.7. The molecule has 7 nitrogen and oxygen atoms in total. The molecule has 0 bridgehead atoms. The van der Waals surface area contributed by atoms with Crippen molar-refractivity contribution in [1.29, 1.82) is 0 Å². The smallest absolute Gasteiger partial charge is 0.234 e. The minimum atomic E-state index is -0.138. The van der Waals surface area contributed by atoms with Gasteiger partial charge in [0.2, 0.25) is 5.91 Å². The number of aromatic nitrogens is 3. The molecule has 0 aliphatic carbocycles. The van der Waals surface area contributed by atoms with Crippen molar-refractivity contribution in [3.63, 3.8) is 0 Å². The lowest BCUT2D eigenvalue weighted by atomic mass is 10.1. The fourth-order valence-electron chi connectivity index (χ4n) is 3.57. The van der Waals surface area contributed by atoms with E-state index in [9.17, 15) is 4.79 Å². The Labute approximate surface area is 213 Å². The molecule has 0 radical (unpaired) electrons. The summed E-state index contributed by atoms with van der Waals surface area (Å²) in [7, 11) is 0. The first-order valence-corrected chi connectivity index (χ1v) is 12.4. The van der Waals surface area contributed by atoms with Gasteiger partial charge in [0, 0.05) is 11.3 Å². The van der Waals surface area contributed by atoms with Gasteiger partial charge in [-0.25, -0.2) is 0 Å². The van der Waals surface area contributed by atoms with E-state index in [0.717, 1.165) is 22.9 Å². The highest BCUT2D eigenvalue weighted by atomic mass is 32.2. The minimum absolute atomic E-state index is 0.138. The van der Waals surface area contributed by atoms with E-state index >= 15 is 0 Å². The Morgan fingerprint density at radius 1 is 0.917 bits per heavy atom. The van der Waals surface area contributed by atoms with Crippen molar-refractivity contribution in [2.75, 3.05) is 11.1 Å². The number of nitrogens with zero attached hydrogens (tertiary/aromatic N) is 3. The summed E-state index contributed by atoms with van der Waals surface area (Å²) in [4.78, 5) is 12.7. The van der Waals surface area contributed by atoms with E-state index in [2.05, 4.69) is 15.5 Å². The van der Waals surface area contributed by atoms with Crippen molar-refractivity contribution in [2.24, 2.45) is 0 Å². The summed E-state index contributed by atoms with van der Waals surface area (Å²) in [5.41, 5.74) is 2.81. The van der Waals surface area contributed by atoms with Crippen LogP contribution in [0.15, 0.2) is 107 Å². The van der Waals surface area contributed by atoms with E-state index in [0.29, 0.717) is 23.1 Å². The minimum Gasteiger partial charge on any atom is -0.467 e. The lowest BCUT2D eigenvalue weighted by Gasteiger charge is -2.10. The molecule has 2 heterocycles. The van der Waals surface area contributed by atoms with Crippen molar-refractivity contribution in [1.82, 2.24) is 14.8 Å². The average molecular weight is 497 g/mol. The molecule has 0 spiro atoms. The lowest BCUT2D eigenvalue weighted by molar-refractivity contribution is -0.113. The highest BCUT2D eigenvalue weighted by Crippen LogP contribution is 2.26. The summed E-state index contributed by atoms with van der Waals surface area (Å²) in [6.07, 6.45) is 1.64. The molecular weight excluding hydrogens is 472 g/mol. The Morgan fingerprint density at radius 2 is 1.67 bits per heavy atom. The Kier molecular flexibility index (Phi) is 7.14. The molecule has 0 aliphatic heterocycles. The fraction of sp³-hybridized carbons (Fsp3) is 0.107. The number of benzene rings is 3. The zero-order chi connectivity index (χ0) is 24.7. The van der Waals surface area contributed by atoms with Gasteiger partial charge in [-0.2, -0.15) is 0 Å². The van der Waals surface area contributed by atoms with Gasteiger partial charge in [-0.15, -0.1) is 10.2 Å². The Hall–Kier alpha value is -4.30. The number of furan rings is 1. The topological polar surface area (TPSA) is 82.2 Å². The zero-order valence-corrected chi connectivity index (χ0v) is 20.4. The predicted molar refractivity (Wildman–Crippen MR) is 140 cm³/mol. The second-order valence-corrected chi connectivity index (χ2v) is 9.06. The van der Waals surface area contributed by atoms with Crippen molar-refractivity contribution >= 4 is 23.4 Å². The molecule has 0 atom stereocenters. The zero-order valence-electron chi connectivity index (χ0n) is 19.6. The number of aryl methyl sites for hydroxylation is 1. The van der Waals surface area contributed by atoms with Gasteiger partial charge < -0.3 is 14.5 Å². The van der Waals surface area contributed by atoms with E-state index in [-0.39, 0.29) is 11.7 Å². The Balaban J connectivity index is 1.24. The number of ether oxygens (including phenoxy) is 1. The van der Waals surface area contributed by atoms with Gasteiger partial charge >= 0.3 is 0 Å². The summed E-state index contributed by atoms with van der Waals surface area (Å²) >= 11 is 1.33. The molecule has 0 saturated carbocycles. The maximum atomic E-state index is 12.7. The van der Waals surface area contributed by atoms with E-state index in [4.69, 9.17) is 9.15 Å². The first-order chi connectivity index (χ1) is 17.6. The fourth-order valence-corrected chi connectivity index (χ4v) is 4.31. The number of nitrogens with one attached hydrogen (secondary N) is 1. The molecule has 5 rings (SSSR count). The van der Waals surface area contributed by atoms with Crippen molar-refractivity contribution < 1.29 is 13.9 Å². The van der Waals surface area contributed by atoms with Gasteiger partial charge in [-0.1, -0.05) is 59.8 Å². The first kappa shape index (κ1) is 23.4. The highest BCUT2D eigenvalue weighted by Gasteiger charge is 2.17. The number of anilines is 1. The van der Waals surface area contributed by atoms with E-state index in [1.807, 2.05) is 102 Å². The second-order valence-electron chi connectivity index (χ2n) is 8.11. The van der Waals surface area contributed by atoms with Crippen LogP contribution in [-0.2, 0) is 11.3 Å². The third-order valence-corrected chi connectivity index (χ3v) is 6.34. The van der Waals surface area contributed by atoms with Crippen LogP contribution in [0.25, 0.3) is 11.4 Å². The van der Waals surface area contributed by atoms with E-state index in [1.165, 1.54) is 17.3 Å². The van der Waals surface area contributed by atoms with Gasteiger partial charge in [-0.3, -0.25) is 9.36 Å². The van der Waals surface area contributed by atoms with Crippen LogP contribution >= 0.6 is 11.8 Å². The monoisotopic (exact) mass is 496 g/mol. The highest BCUT2D eigenvalue weighted by molar-refractivity contribution is 7.99. The molecule has 5 aromatic rings. The van der Waals surface area contributed by atoms with Gasteiger partial charge in [0.05, 0.1) is 18.6 Å². The van der Waals surface area contributed by atoms with Gasteiger partial charge in [-0.05, 0) is 55.5 Å². The van der Waals surface area contributed by atoms with Crippen LogP contribution < -0.4 is 10.1 Å². The van der Waals surface area contributed by atoms with Crippen LogP contribution in [0, 0.1) is 6.92 Å². The molecule has 36 heavy (non-hydrogen) atoms. The standard InChI is InChI=1S/C28H24N4O3S/c1-20-9-11-21(12-10-20)27-30-31-28(32(27)18-25-8-5-17-34-25)36-19-26(33)29-22-13-15-24(16-14-22)35-23-6-3-2-4-7-23/h2-17H,18-19H2,1H3,(H,29,33). The Morgan fingerprint density at radius 3 is 2.39 bits per heavy atom. The Bertz CT molecular complexity index is 1410. The number of hydrogen-bond acceptors (Lipinski definition) is 6. The second kappa shape index (κ2) is 11.0. The molecular formula is C28H24N4O3S. The number of para-hydroxylation sites is 1. The summed E-state index contributed by atoms with van der Waals surface area (Å²) < 4.78 is 13.3. The van der Waals surface area contributed by atoms with E-state index < -0.39 is 0 Å². The number of hydrogen-bond donors (Lipinski definition) is 1. The molecule has 0 saturated heterocycles. The number of carbonyl (C=O) groups excluding carboxylic acids is 1. The third-order valence-electron chi connectivity index (χ3n) is 5.37. The van der Waals surface area contributed by atoms with Crippen LogP contribution in [0.4, 0.5) is 5.69 Å². The summed E-state index contributed by atoms with van der Waals surface area (Å²) in [5, 5.41) is 12.3. The summed E-state index contributed by atoms with van der Waals surface area (Å²) in [5.74, 6) is 3.02. The SMILES string of the molecule is Cc1ccc(-c2nnc(SCC(=O)Nc3ccc(Oc4ccccc4)cc3)n2Cc2ccco2)cc1. The van der Waals surface area contributed by atoms with Crippen LogP contribution in [0.2, 0.25) is 0 Å². The van der Waals surface area contributed by atoms with E-state index in [1.54, 1.807) is 6.26 Å². The third kappa shape index (κ3) is 5.84. The molecule has 0 aliphatic rings. The molecule has 2 aromatic heterocycles. The van der Waals surface area contributed by atoms with Crippen LogP contribution in [-0.4, -0.2) is 26.4 Å². The number of carbonyl (C=O) groups is 1. The summed E-state index contributed by atoms with van der Waals surface area (Å²) in [6.45, 7) is 2.51. The average Bonchev–Trinajstić information content (AvgIpc) is 3.56. The number of thioether (sulfide) groups is 1. The molecule has 180 valence electrons. The molecule has 1 amide bonds. The summed E-state index contributed by atoms with van der Waals surface area (Å²) in [6, 6.07) is 28.7. The molecule has 1 N–H and O–H groups in total. The van der Waals surface area contributed by atoms with Crippen molar-refractivity contribution in [3.05, 3.63) is 109 Å². The number of rotatable bonds is 9. The van der Waals surface area contributed by atoms with Crippen LogP contribution in [0.3, 0.4) is 0 Å². The van der Waals surface area contributed by atoms with Gasteiger partial charge in [0.15, 0.2) is 11.0 Å². The quantitative estimate of drug-likeness (QED) is 0.237. The normalized spacial score (nSPS) is 10.8. The molecule has 0 fully saturated rings. The molecule has 3 aromatic carbocycles. The van der Waals surface area contributed by atoms with Crippen LogP contribution in [0.1, 0.15) is 11.3 Å². The van der Waals surface area contributed by atoms with Crippen LogP contribution in [0.5, 0.6) is 11.5 Å². The molecule has 0 unspecified atom stereocenters.